The molecule has 38 heavy (non-hydrogen) atoms. The number of pyridine rings is 1. The smallest absolute Gasteiger partial charge is 0.255 e. The van der Waals surface area contributed by atoms with Crippen LogP contribution in [0.4, 0.5) is 23.0 Å². The highest BCUT2D eigenvalue weighted by Gasteiger charge is 2.19. The van der Waals surface area contributed by atoms with Crippen LogP contribution in [0.25, 0.3) is 28.0 Å². The standard InChI is InChI=1S/C30H23N7O/c31-22-14-12-20(13-15-22)29(38)33-24-10-6-7-21(19-24)28-27(26-11-4-5-18-37(26)36-28)25-16-17-32-30(35-25)34-23-8-2-1-3-9-23/h1-19H,31H2,(H,33,38)(H,32,34,35). The lowest BCUT2D eigenvalue weighted by molar-refractivity contribution is 0.102. The van der Waals surface area contributed by atoms with Crippen molar-refractivity contribution in [3.8, 4) is 22.5 Å². The van der Waals surface area contributed by atoms with Crippen LogP contribution in [-0.2, 0) is 0 Å². The summed E-state index contributed by atoms with van der Waals surface area (Å²) in [6, 6.07) is 32.0. The molecule has 0 aliphatic carbocycles. The Kier molecular flexibility index (Phi) is 5.95. The SMILES string of the molecule is Nc1ccc(C(=O)Nc2cccc(-c3nn4ccccc4c3-c3ccnc(Nc4ccccc4)n3)c2)cc1. The Labute approximate surface area is 218 Å². The van der Waals surface area contributed by atoms with Crippen LogP contribution in [0.5, 0.6) is 0 Å². The van der Waals surface area contributed by atoms with Crippen molar-refractivity contribution in [1.82, 2.24) is 19.6 Å². The molecule has 0 atom stereocenters. The second-order valence-electron chi connectivity index (χ2n) is 8.67. The molecular weight excluding hydrogens is 474 g/mol. The van der Waals surface area contributed by atoms with E-state index in [-0.39, 0.29) is 5.91 Å². The first-order chi connectivity index (χ1) is 18.6. The van der Waals surface area contributed by atoms with E-state index in [1.807, 2.05) is 89.6 Å². The maximum absolute atomic E-state index is 12.8. The Morgan fingerprint density at radius 3 is 2.45 bits per heavy atom. The van der Waals surface area contributed by atoms with Crippen LogP contribution in [0, 0.1) is 0 Å². The first-order valence-electron chi connectivity index (χ1n) is 12.0. The molecule has 0 bridgehead atoms. The van der Waals surface area contributed by atoms with Crippen molar-refractivity contribution in [3.05, 3.63) is 121 Å². The molecule has 0 fully saturated rings. The number of carbonyl (C=O) groups is 1. The van der Waals surface area contributed by atoms with Gasteiger partial charge in [-0.3, -0.25) is 4.79 Å². The Morgan fingerprint density at radius 1 is 0.816 bits per heavy atom. The molecule has 4 N–H and O–H groups in total. The Balaban J connectivity index is 1.39. The van der Waals surface area contributed by atoms with Crippen molar-refractivity contribution in [2.24, 2.45) is 0 Å². The zero-order valence-corrected chi connectivity index (χ0v) is 20.2. The number of anilines is 4. The number of nitrogens with one attached hydrogen (secondary N) is 2. The van der Waals surface area contributed by atoms with Gasteiger partial charge in [0.15, 0.2) is 0 Å². The summed E-state index contributed by atoms with van der Waals surface area (Å²) in [4.78, 5) is 22.0. The van der Waals surface area contributed by atoms with Crippen molar-refractivity contribution >= 4 is 34.4 Å². The van der Waals surface area contributed by atoms with Crippen molar-refractivity contribution in [2.45, 2.75) is 0 Å². The third kappa shape index (κ3) is 4.66. The third-order valence-corrected chi connectivity index (χ3v) is 6.05. The molecule has 3 heterocycles. The summed E-state index contributed by atoms with van der Waals surface area (Å²) in [5, 5.41) is 11.1. The number of para-hydroxylation sites is 1. The fraction of sp³-hybridized carbons (Fsp3) is 0. The number of hydrogen-bond donors (Lipinski definition) is 3. The van der Waals surface area contributed by atoms with Crippen LogP contribution in [0.2, 0.25) is 0 Å². The zero-order valence-electron chi connectivity index (χ0n) is 20.2. The number of carbonyl (C=O) groups excluding carboxylic acids is 1. The molecule has 0 saturated carbocycles. The molecule has 0 radical (unpaired) electrons. The van der Waals surface area contributed by atoms with Gasteiger partial charge in [0.1, 0.15) is 5.69 Å². The Hall–Kier alpha value is -5.50. The van der Waals surface area contributed by atoms with E-state index in [1.54, 1.807) is 30.5 Å². The predicted octanol–water partition coefficient (Wildman–Crippen LogP) is 6.04. The summed E-state index contributed by atoms with van der Waals surface area (Å²) in [7, 11) is 0. The van der Waals surface area contributed by atoms with E-state index < -0.39 is 0 Å². The van der Waals surface area contributed by atoms with Gasteiger partial charge >= 0.3 is 0 Å². The molecule has 184 valence electrons. The molecule has 8 heteroatoms. The highest BCUT2D eigenvalue weighted by Crippen LogP contribution is 2.35. The molecule has 3 aromatic carbocycles. The monoisotopic (exact) mass is 497 g/mol. The van der Waals surface area contributed by atoms with Gasteiger partial charge in [-0.25, -0.2) is 14.5 Å². The van der Waals surface area contributed by atoms with E-state index >= 15 is 0 Å². The number of benzene rings is 3. The zero-order chi connectivity index (χ0) is 25.9. The van der Waals surface area contributed by atoms with Gasteiger partial charge in [0.05, 0.1) is 16.8 Å². The average Bonchev–Trinajstić information content (AvgIpc) is 3.34. The highest BCUT2D eigenvalue weighted by molar-refractivity contribution is 6.05. The first-order valence-corrected chi connectivity index (χ1v) is 12.0. The Bertz CT molecular complexity index is 1740. The van der Waals surface area contributed by atoms with Crippen LogP contribution in [0.3, 0.4) is 0 Å². The molecular formula is C30H23N7O. The quantitative estimate of drug-likeness (QED) is 0.242. The van der Waals surface area contributed by atoms with Gasteiger partial charge < -0.3 is 16.4 Å². The summed E-state index contributed by atoms with van der Waals surface area (Å²) < 4.78 is 1.83. The van der Waals surface area contributed by atoms with E-state index in [2.05, 4.69) is 15.6 Å². The van der Waals surface area contributed by atoms with Crippen molar-refractivity contribution in [1.29, 1.82) is 0 Å². The summed E-state index contributed by atoms with van der Waals surface area (Å²) in [5.74, 6) is 0.268. The van der Waals surface area contributed by atoms with E-state index in [9.17, 15) is 4.79 Å². The van der Waals surface area contributed by atoms with Gasteiger partial charge in [0, 0.05) is 40.6 Å². The molecule has 6 rings (SSSR count). The number of aromatic nitrogens is 4. The summed E-state index contributed by atoms with van der Waals surface area (Å²) in [5.41, 5.74) is 12.5. The lowest BCUT2D eigenvalue weighted by Crippen LogP contribution is -2.11. The third-order valence-electron chi connectivity index (χ3n) is 6.05. The number of amides is 1. The maximum Gasteiger partial charge on any atom is 0.255 e. The number of rotatable bonds is 6. The molecule has 0 unspecified atom stereocenters. The minimum absolute atomic E-state index is 0.218. The van der Waals surface area contributed by atoms with Crippen LogP contribution >= 0.6 is 0 Å². The molecule has 8 nitrogen and oxygen atoms in total. The topological polar surface area (TPSA) is 110 Å². The van der Waals surface area contributed by atoms with Gasteiger partial charge in [-0.1, -0.05) is 36.4 Å². The van der Waals surface area contributed by atoms with Gasteiger partial charge in [-0.15, -0.1) is 0 Å². The van der Waals surface area contributed by atoms with Gasteiger partial charge in [-0.2, -0.15) is 5.10 Å². The fourth-order valence-corrected chi connectivity index (χ4v) is 4.24. The number of nitrogens with zero attached hydrogens (tertiary/aromatic N) is 4. The van der Waals surface area contributed by atoms with Crippen LogP contribution < -0.4 is 16.4 Å². The van der Waals surface area contributed by atoms with Crippen molar-refractivity contribution in [3.63, 3.8) is 0 Å². The highest BCUT2D eigenvalue weighted by atomic mass is 16.1. The average molecular weight is 498 g/mol. The van der Waals surface area contributed by atoms with E-state index in [4.69, 9.17) is 15.8 Å². The lowest BCUT2D eigenvalue weighted by atomic mass is 10.0. The number of nitrogens with two attached hydrogens (primary N) is 1. The first kappa shape index (κ1) is 22.9. The van der Waals surface area contributed by atoms with E-state index in [0.29, 0.717) is 22.9 Å². The van der Waals surface area contributed by atoms with Crippen LogP contribution in [0.15, 0.2) is 116 Å². The van der Waals surface area contributed by atoms with Crippen molar-refractivity contribution < 1.29 is 4.79 Å². The van der Waals surface area contributed by atoms with E-state index in [1.165, 1.54) is 0 Å². The molecule has 0 aliphatic rings. The second kappa shape index (κ2) is 9.87. The van der Waals surface area contributed by atoms with Gasteiger partial charge in [-0.05, 0) is 66.7 Å². The normalized spacial score (nSPS) is 10.8. The second-order valence-corrected chi connectivity index (χ2v) is 8.67. The number of hydrogen-bond acceptors (Lipinski definition) is 6. The van der Waals surface area contributed by atoms with Gasteiger partial charge in [0.2, 0.25) is 5.95 Å². The summed E-state index contributed by atoms with van der Waals surface area (Å²) in [6.45, 7) is 0. The molecule has 0 aliphatic heterocycles. The maximum atomic E-state index is 12.8. The molecule has 0 saturated heterocycles. The minimum Gasteiger partial charge on any atom is -0.399 e. The van der Waals surface area contributed by atoms with Crippen LogP contribution in [-0.4, -0.2) is 25.5 Å². The van der Waals surface area contributed by atoms with E-state index in [0.717, 1.165) is 33.7 Å². The van der Waals surface area contributed by atoms with Crippen molar-refractivity contribution in [2.75, 3.05) is 16.4 Å². The molecule has 0 spiro atoms. The number of fused-ring (bicyclic) bond motifs is 1. The minimum atomic E-state index is -0.218. The summed E-state index contributed by atoms with van der Waals surface area (Å²) >= 11 is 0. The number of nitrogen functional groups attached to an aromatic ring is 1. The van der Waals surface area contributed by atoms with Gasteiger partial charge in [0.25, 0.3) is 5.91 Å². The van der Waals surface area contributed by atoms with Crippen LogP contribution in [0.1, 0.15) is 10.4 Å². The molecule has 1 amide bonds. The fourth-order valence-electron chi connectivity index (χ4n) is 4.24. The Morgan fingerprint density at radius 2 is 1.61 bits per heavy atom. The molecule has 6 aromatic rings. The summed E-state index contributed by atoms with van der Waals surface area (Å²) in [6.07, 6.45) is 3.63. The largest absolute Gasteiger partial charge is 0.399 e. The molecule has 3 aromatic heterocycles. The predicted molar refractivity (Wildman–Crippen MR) is 150 cm³/mol. The lowest BCUT2D eigenvalue weighted by Gasteiger charge is -2.09.